The average molecular weight is 483 g/mol. The van der Waals surface area contributed by atoms with E-state index in [2.05, 4.69) is 10.6 Å². The summed E-state index contributed by atoms with van der Waals surface area (Å²) in [5.41, 5.74) is 3.76. The Morgan fingerprint density at radius 3 is 2.26 bits per heavy atom. The van der Waals surface area contributed by atoms with Gasteiger partial charge in [-0.3, -0.25) is 4.79 Å². The zero-order chi connectivity index (χ0) is 23.0. The summed E-state index contributed by atoms with van der Waals surface area (Å²) < 4.78 is 16.2. The molecule has 1 aliphatic heterocycles. The van der Waals surface area contributed by atoms with E-state index in [0.29, 0.717) is 30.1 Å². The van der Waals surface area contributed by atoms with Crippen LogP contribution in [0.3, 0.4) is 0 Å². The van der Waals surface area contributed by atoms with Crippen molar-refractivity contribution in [2.75, 3.05) is 32.1 Å². The minimum Gasteiger partial charge on any atom is -0.489 e. The smallest absolute Gasteiger partial charge is 0.337 e. The van der Waals surface area contributed by atoms with Gasteiger partial charge in [0.05, 0.1) is 25.4 Å². The number of hydrogen-bond donors (Lipinski definition) is 2. The second kappa shape index (κ2) is 12.2. The van der Waals surface area contributed by atoms with Crippen molar-refractivity contribution < 1.29 is 23.8 Å². The van der Waals surface area contributed by atoms with Gasteiger partial charge in [-0.2, -0.15) is 0 Å². The molecule has 0 saturated carbocycles. The van der Waals surface area contributed by atoms with Gasteiger partial charge in [0.2, 0.25) is 0 Å². The number of benzene rings is 3. The van der Waals surface area contributed by atoms with Crippen LogP contribution in [0.5, 0.6) is 5.75 Å². The number of methoxy groups -OCH3 is 1. The van der Waals surface area contributed by atoms with Crippen LogP contribution in [0.1, 0.15) is 37.9 Å². The third kappa shape index (κ3) is 6.57. The third-order valence-corrected chi connectivity index (χ3v) is 5.36. The average Bonchev–Trinajstić information content (AvgIpc) is 2.88. The van der Waals surface area contributed by atoms with Gasteiger partial charge >= 0.3 is 5.97 Å². The molecule has 178 valence electrons. The van der Waals surface area contributed by atoms with Crippen LogP contribution in [0.4, 0.5) is 5.69 Å². The van der Waals surface area contributed by atoms with Gasteiger partial charge in [0, 0.05) is 24.3 Å². The van der Waals surface area contributed by atoms with Crippen molar-refractivity contribution in [1.82, 2.24) is 5.32 Å². The van der Waals surface area contributed by atoms with Crippen LogP contribution in [-0.2, 0) is 16.1 Å². The van der Waals surface area contributed by atoms with Gasteiger partial charge < -0.3 is 24.8 Å². The molecule has 0 bridgehead atoms. The lowest BCUT2D eigenvalue weighted by Crippen LogP contribution is -2.33. The molecule has 0 spiro atoms. The maximum Gasteiger partial charge on any atom is 0.337 e. The predicted octanol–water partition coefficient (Wildman–Crippen LogP) is 4.39. The van der Waals surface area contributed by atoms with E-state index in [1.807, 2.05) is 36.4 Å². The lowest BCUT2D eigenvalue weighted by Gasteiger charge is -2.24. The van der Waals surface area contributed by atoms with E-state index in [-0.39, 0.29) is 30.4 Å². The van der Waals surface area contributed by atoms with Crippen molar-refractivity contribution in [3.05, 3.63) is 95.1 Å². The molecule has 1 aliphatic rings. The highest BCUT2D eigenvalue weighted by Crippen LogP contribution is 2.21. The first kappa shape index (κ1) is 25.2. The predicted molar refractivity (Wildman–Crippen MR) is 132 cm³/mol. The largest absolute Gasteiger partial charge is 0.489 e. The van der Waals surface area contributed by atoms with Gasteiger partial charge in [-0.05, 0) is 59.7 Å². The molecule has 1 unspecified atom stereocenters. The highest BCUT2D eigenvalue weighted by atomic mass is 35.5. The molecule has 0 aromatic heterocycles. The number of halogens is 1. The summed E-state index contributed by atoms with van der Waals surface area (Å²) in [6.07, 6.45) is 0.0434. The van der Waals surface area contributed by atoms with Crippen LogP contribution in [0.2, 0.25) is 0 Å². The molecule has 2 N–H and O–H groups in total. The molecule has 3 aromatic rings. The molecule has 4 rings (SSSR count). The summed E-state index contributed by atoms with van der Waals surface area (Å²) >= 11 is 0. The van der Waals surface area contributed by atoms with Gasteiger partial charge in [-0.25, -0.2) is 4.79 Å². The van der Waals surface area contributed by atoms with Crippen LogP contribution >= 0.6 is 12.4 Å². The Hall–Kier alpha value is -3.39. The van der Waals surface area contributed by atoms with Crippen molar-refractivity contribution in [1.29, 1.82) is 0 Å². The molecule has 7 nitrogen and oxygen atoms in total. The van der Waals surface area contributed by atoms with Gasteiger partial charge in [-0.1, -0.05) is 24.3 Å². The van der Waals surface area contributed by atoms with E-state index >= 15 is 0 Å². The highest BCUT2D eigenvalue weighted by molar-refractivity contribution is 6.04. The molecule has 1 atom stereocenters. The maximum absolute atomic E-state index is 12.6. The summed E-state index contributed by atoms with van der Waals surface area (Å²) in [5.74, 6) is 0.0835. The van der Waals surface area contributed by atoms with Gasteiger partial charge in [0.15, 0.2) is 0 Å². The molecular weight excluding hydrogens is 456 g/mol. The molecule has 3 aromatic carbocycles. The summed E-state index contributed by atoms with van der Waals surface area (Å²) in [5, 5.41) is 6.22. The number of nitrogens with one attached hydrogen (secondary N) is 2. The van der Waals surface area contributed by atoms with Crippen molar-refractivity contribution in [2.24, 2.45) is 0 Å². The molecule has 1 saturated heterocycles. The number of esters is 1. The number of carbonyl (C=O) groups is 2. The number of carbonyl (C=O) groups excluding carboxylic acids is 2. The second-order valence-electron chi connectivity index (χ2n) is 7.64. The second-order valence-corrected chi connectivity index (χ2v) is 7.64. The first-order chi connectivity index (χ1) is 16.1. The maximum atomic E-state index is 12.6. The fourth-order valence-corrected chi connectivity index (χ4v) is 3.49. The lowest BCUT2D eigenvalue weighted by atomic mass is 10.1. The standard InChI is InChI=1S/C26H26N2O5.ClH/c1-31-26(30)21-4-2-18(3-5-21)17-33-23-12-8-20(9-13-23)25(29)28-22-10-6-19(7-11-22)24-16-27-14-15-32-24;/h2-13,24,27H,14-17H2,1H3,(H,28,29);1H. The van der Waals surface area contributed by atoms with Crippen LogP contribution in [0, 0.1) is 0 Å². The lowest BCUT2D eigenvalue weighted by molar-refractivity contribution is 0.0277. The minimum absolute atomic E-state index is 0. The van der Waals surface area contributed by atoms with Crippen LogP contribution in [0.15, 0.2) is 72.8 Å². The Kier molecular flexibility index (Phi) is 9.04. The summed E-state index contributed by atoms with van der Waals surface area (Å²) in [6.45, 7) is 2.71. The first-order valence-corrected chi connectivity index (χ1v) is 10.8. The summed E-state index contributed by atoms with van der Waals surface area (Å²) in [6, 6.07) is 21.7. The molecular formula is C26H27ClN2O5. The summed E-state index contributed by atoms with van der Waals surface area (Å²) in [7, 11) is 1.35. The van der Waals surface area contributed by atoms with E-state index in [1.165, 1.54) is 7.11 Å². The van der Waals surface area contributed by atoms with Crippen molar-refractivity contribution in [3.8, 4) is 5.75 Å². The molecule has 0 radical (unpaired) electrons. The van der Waals surface area contributed by atoms with E-state index in [4.69, 9.17) is 14.2 Å². The number of ether oxygens (including phenoxy) is 3. The summed E-state index contributed by atoms with van der Waals surface area (Å²) in [4.78, 5) is 24.1. The molecule has 1 fully saturated rings. The normalized spacial score (nSPS) is 15.0. The number of amides is 1. The zero-order valence-electron chi connectivity index (χ0n) is 18.8. The monoisotopic (exact) mass is 482 g/mol. The zero-order valence-corrected chi connectivity index (χ0v) is 19.6. The number of morpholine rings is 1. The van der Waals surface area contributed by atoms with E-state index in [9.17, 15) is 9.59 Å². The van der Waals surface area contributed by atoms with Gasteiger partial charge in [0.1, 0.15) is 12.4 Å². The molecule has 1 heterocycles. The van der Waals surface area contributed by atoms with E-state index in [0.717, 1.165) is 29.9 Å². The first-order valence-electron chi connectivity index (χ1n) is 10.8. The topological polar surface area (TPSA) is 85.9 Å². The molecule has 0 aliphatic carbocycles. The Balaban J connectivity index is 0.00000324. The number of rotatable bonds is 7. The van der Waals surface area contributed by atoms with Crippen molar-refractivity contribution in [3.63, 3.8) is 0 Å². The molecule has 8 heteroatoms. The van der Waals surface area contributed by atoms with E-state index in [1.54, 1.807) is 36.4 Å². The Morgan fingerprint density at radius 1 is 0.971 bits per heavy atom. The van der Waals surface area contributed by atoms with Gasteiger partial charge in [0.25, 0.3) is 5.91 Å². The Bertz CT molecular complexity index is 1080. The molecule has 1 amide bonds. The van der Waals surface area contributed by atoms with Crippen molar-refractivity contribution in [2.45, 2.75) is 12.7 Å². The minimum atomic E-state index is -0.372. The Labute approximate surface area is 204 Å². The van der Waals surface area contributed by atoms with Crippen LogP contribution < -0.4 is 15.4 Å². The SMILES string of the molecule is COC(=O)c1ccc(COc2ccc(C(=O)Nc3ccc(C4CNCCO4)cc3)cc2)cc1.Cl. The van der Waals surface area contributed by atoms with E-state index < -0.39 is 0 Å². The number of anilines is 1. The van der Waals surface area contributed by atoms with Crippen LogP contribution in [0.25, 0.3) is 0 Å². The fourth-order valence-electron chi connectivity index (χ4n) is 3.49. The van der Waals surface area contributed by atoms with Crippen molar-refractivity contribution >= 4 is 30.0 Å². The Morgan fingerprint density at radius 2 is 1.65 bits per heavy atom. The van der Waals surface area contributed by atoms with Crippen LogP contribution in [-0.4, -0.2) is 38.7 Å². The highest BCUT2D eigenvalue weighted by Gasteiger charge is 2.15. The quantitative estimate of drug-likeness (QED) is 0.486. The number of hydrogen-bond acceptors (Lipinski definition) is 6. The van der Waals surface area contributed by atoms with Gasteiger partial charge in [-0.15, -0.1) is 12.4 Å². The third-order valence-electron chi connectivity index (χ3n) is 5.36. The molecule has 34 heavy (non-hydrogen) atoms. The fraction of sp³-hybridized carbons (Fsp3) is 0.231.